The second kappa shape index (κ2) is 12.4. The van der Waals surface area contributed by atoms with Crippen LogP contribution in [0, 0.1) is 5.92 Å². The summed E-state index contributed by atoms with van der Waals surface area (Å²) < 4.78 is 22.9. The average molecular weight is 389 g/mol. The van der Waals surface area contributed by atoms with Gasteiger partial charge in [0, 0.05) is 45.5 Å². The molecule has 0 radical (unpaired) electrons. The minimum absolute atomic E-state index is 0.167. The van der Waals surface area contributed by atoms with Gasteiger partial charge >= 0.3 is 14.8 Å². The second-order valence-corrected chi connectivity index (χ2v) is 9.11. The van der Waals surface area contributed by atoms with Crippen LogP contribution in [-0.2, 0) is 22.8 Å². The molecule has 0 N–H and O–H groups in total. The van der Waals surface area contributed by atoms with Gasteiger partial charge in [0.2, 0.25) is 0 Å². The highest BCUT2D eigenvalue weighted by molar-refractivity contribution is 6.60. The van der Waals surface area contributed by atoms with E-state index in [-0.39, 0.29) is 11.9 Å². The molecule has 1 unspecified atom stereocenters. The largest absolute Gasteiger partial charge is 0.501 e. The number of carbonyl (C=O) groups excluding carboxylic acids is 1. The molecule has 1 aliphatic heterocycles. The molecule has 7 nitrogen and oxygen atoms in total. The molecule has 152 valence electrons. The van der Waals surface area contributed by atoms with Crippen molar-refractivity contribution in [1.82, 2.24) is 4.90 Å². The molecule has 8 heteroatoms. The highest BCUT2D eigenvalue weighted by Crippen LogP contribution is 2.18. The molecule has 0 aromatic heterocycles. The SMILES string of the molecule is CCO[Si](CCCOC(=O)C(C)CN1CCCN=C1C)(OCC)OCC. The molecule has 0 bridgehead atoms. The summed E-state index contributed by atoms with van der Waals surface area (Å²) in [5.74, 6) is 0.669. The number of rotatable bonds is 13. The van der Waals surface area contributed by atoms with Gasteiger partial charge in [0.05, 0.1) is 18.4 Å². The molecule has 0 amide bonds. The Kier molecular flexibility index (Phi) is 11.0. The minimum atomic E-state index is -2.65. The van der Waals surface area contributed by atoms with E-state index in [0.29, 0.717) is 45.4 Å². The fraction of sp³-hybridized carbons (Fsp3) is 0.889. The summed E-state index contributed by atoms with van der Waals surface area (Å²) in [5.41, 5.74) is 0. The molecule has 1 heterocycles. The van der Waals surface area contributed by atoms with Crippen molar-refractivity contribution in [2.75, 3.05) is 46.1 Å². The highest BCUT2D eigenvalue weighted by Gasteiger charge is 2.39. The lowest BCUT2D eigenvalue weighted by molar-refractivity contribution is -0.148. The zero-order valence-corrected chi connectivity index (χ0v) is 18.1. The standard InChI is InChI=1S/C18H36N2O5Si/c1-6-23-26(24-7-2,25-8-3)14-10-13-22-18(21)16(4)15-20-12-9-11-19-17(20)5/h16H,6-15H2,1-5H3. The quantitative estimate of drug-likeness (QED) is 0.274. The second-order valence-electron chi connectivity index (χ2n) is 6.38. The number of aliphatic imine (C=N–C) groups is 1. The van der Waals surface area contributed by atoms with Crippen molar-refractivity contribution >= 4 is 20.6 Å². The zero-order chi connectivity index (χ0) is 19.4. The maximum atomic E-state index is 12.3. The number of hydrogen-bond acceptors (Lipinski definition) is 7. The lowest BCUT2D eigenvalue weighted by Gasteiger charge is -2.29. The topological polar surface area (TPSA) is 69.6 Å². The molecule has 26 heavy (non-hydrogen) atoms. The van der Waals surface area contributed by atoms with Gasteiger partial charge in [-0.05, 0) is 40.5 Å². The van der Waals surface area contributed by atoms with E-state index < -0.39 is 8.80 Å². The van der Waals surface area contributed by atoms with E-state index >= 15 is 0 Å². The Hall–Kier alpha value is -0.963. The van der Waals surface area contributed by atoms with Gasteiger partial charge in [-0.2, -0.15) is 0 Å². The monoisotopic (exact) mass is 388 g/mol. The van der Waals surface area contributed by atoms with Crippen LogP contribution in [0.1, 0.15) is 47.5 Å². The molecule has 0 saturated carbocycles. The van der Waals surface area contributed by atoms with E-state index in [0.717, 1.165) is 25.3 Å². The summed E-state index contributed by atoms with van der Waals surface area (Å²) in [6.07, 6.45) is 1.72. The number of ether oxygens (including phenoxy) is 1. The lowest BCUT2D eigenvalue weighted by atomic mass is 10.1. The Morgan fingerprint density at radius 3 is 2.35 bits per heavy atom. The Bertz CT molecular complexity index is 430. The first-order chi connectivity index (χ1) is 12.5. The van der Waals surface area contributed by atoms with Crippen LogP contribution in [0.2, 0.25) is 6.04 Å². The van der Waals surface area contributed by atoms with Crippen molar-refractivity contribution in [1.29, 1.82) is 0 Å². The average Bonchev–Trinajstić information content (AvgIpc) is 2.61. The summed E-state index contributed by atoms with van der Waals surface area (Å²) in [4.78, 5) is 18.8. The molecule has 0 spiro atoms. The van der Waals surface area contributed by atoms with Crippen LogP contribution in [0.4, 0.5) is 0 Å². The van der Waals surface area contributed by atoms with Crippen molar-refractivity contribution in [2.45, 2.75) is 53.5 Å². The molecule has 0 aliphatic carbocycles. The third-order valence-electron chi connectivity index (χ3n) is 4.25. The zero-order valence-electron chi connectivity index (χ0n) is 17.1. The number of carbonyl (C=O) groups is 1. The van der Waals surface area contributed by atoms with E-state index in [4.69, 9.17) is 18.0 Å². The van der Waals surface area contributed by atoms with Crippen LogP contribution in [0.25, 0.3) is 0 Å². The Balaban J connectivity index is 2.38. The number of amidine groups is 1. The normalized spacial score (nSPS) is 16.3. The van der Waals surface area contributed by atoms with Gasteiger partial charge in [0.1, 0.15) is 0 Å². The summed E-state index contributed by atoms with van der Waals surface area (Å²) in [7, 11) is -2.65. The predicted molar refractivity (Wildman–Crippen MR) is 104 cm³/mol. The van der Waals surface area contributed by atoms with E-state index in [9.17, 15) is 4.79 Å². The smallest absolute Gasteiger partial charge is 0.465 e. The van der Waals surface area contributed by atoms with Gasteiger partial charge in [-0.25, -0.2) is 0 Å². The highest BCUT2D eigenvalue weighted by atomic mass is 28.4. The first kappa shape index (κ1) is 23.1. The van der Waals surface area contributed by atoms with Gasteiger partial charge in [0.15, 0.2) is 0 Å². The Morgan fingerprint density at radius 1 is 1.19 bits per heavy atom. The minimum Gasteiger partial charge on any atom is -0.465 e. The number of hydrogen-bond donors (Lipinski definition) is 0. The summed E-state index contributed by atoms with van der Waals surface area (Å²) >= 11 is 0. The summed E-state index contributed by atoms with van der Waals surface area (Å²) in [5, 5.41) is 0. The number of esters is 1. The fourth-order valence-electron chi connectivity index (χ4n) is 3.00. The van der Waals surface area contributed by atoms with Crippen molar-refractivity contribution < 1.29 is 22.8 Å². The van der Waals surface area contributed by atoms with Crippen LogP contribution >= 0.6 is 0 Å². The van der Waals surface area contributed by atoms with Crippen molar-refractivity contribution in [3.8, 4) is 0 Å². The molecule has 0 aromatic rings. The van der Waals surface area contributed by atoms with Crippen LogP contribution in [0.3, 0.4) is 0 Å². The number of nitrogens with zero attached hydrogens (tertiary/aromatic N) is 2. The van der Waals surface area contributed by atoms with Crippen molar-refractivity contribution in [2.24, 2.45) is 10.9 Å². The molecular weight excluding hydrogens is 352 g/mol. The lowest BCUT2D eigenvalue weighted by Crippen LogP contribution is -2.46. The van der Waals surface area contributed by atoms with Gasteiger partial charge in [0.25, 0.3) is 0 Å². The summed E-state index contributed by atoms with van der Waals surface area (Å²) in [6, 6.07) is 0.655. The molecule has 1 atom stereocenters. The molecular formula is C18H36N2O5Si. The Labute approximate surface area is 159 Å². The van der Waals surface area contributed by atoms with Gasteiger partial charge < -0.3 is 22.9 Å². The van der Waals surface area contributed by atoms with Crippen LogP contribution < -0.4 is 0 Å². The first-order valence-electron chi connectivity index (χ1n) is 9.82. The van der Waals surface area contributed by atoms with Gasteiger partial charge in [-0.15, -0.1) is 0 Å². The molecule has 0 saturated heterocycles. The van der Waals surface area contributed by atoms with E-state index in [1.807, 2.05) is 34.6 Å². The van der Waals surface area contributed by atoms with Crippen LogP contribution in [0.5, 0.6) is 0 Å². The third-order valence-corrected chi connectivity index (χ3v) is 7.40. The van der Waals surface area contributed by atoms with Gasteiger partial charge in [-0.3, -0.25) is 9.79 Å². The van der Waals surface area contributed by atoms with Crippen LogP contribution in [-0.4, -0.2) is 71.6 Å². The van der Waals surface area contributed by atoms with Crippen LogP contribution in [0.15, 0.2) is 4.99 Å². The van der Waals surface area contributed by atoms with Crippen molar-refractivity contribution in [3.63, 3.8) is 0 Å². The molecule has 1 rings (SSSR count). The maximum absolute atomic E-state index is 12.3. The van der Waals surface area contributed by atoms with E-state index in [2.05, 4.69) is 9.89 Å². The maximum Gasteiger partial charge on any atom is 0.501 e. The predicted octanol–water partition coefficient (Wildman–Crippen LogP) is 2.73. The van der Waals surface area contributed by atoms with E-state index in [1.54, 1.807) is 0 Å². The summed E-state index contributed by atoms with van der Waals surface area (Å²) in [6.45, 7) is 14.2. The van der Waals surface area contributed by atoms with Gasteiger partial charge in [-0.1, -0.05) is 6.92 Å². The van der Waals surface area contributed by atoms with Crippen molar-refractivity contribution in [3.05, 3.63) is 0 Å². The molecule has 0 fully saturated rings. The Morgan fingerprint density at radius 2 is 1.81 bits per heavy atom. The molecule has 0 aromatic carbocycles. The first-order valence-corrected chi connectivity index (χ1v) is 11.8. The fourth-order valence-corrected chi connectivity index (χ4v) is 5.58. The molecule has 1 aliphatic rings. The third kappa shape index (κ3) is 7.73. The van der Waals surface area contributed by atoms with E-state index in [1.165, 1.54) is 0 Å².